The van der Waals surface area contributed by atoms with Crippen molar-refractivity contribution in [1.29, 1.82) is 0 Å². The van der Waals surface area contributed by atoms with Crippen LogP contribution in [0.25, 0.3) is 0 Å². The summed E-state index contributed by atoms with van der Waals surface area (Å²) in [4.78, 5) is 0. The van der Waals surface area contributed by atoms with Crippen LogP contribution in [-0.4, -0.2) is 27.8 Å². The second-order valence-electron chi connectivity index (χ2n) is 3.50. The Morgan fingerprint density at radius 1 is 1.47 bits per heavy atom. The minimum absolute atomic E-state index is 0.946. The maximum absolute atomic E-state index is 4.42. The monoisotopic (exact) mass is 227 g/mol. The van der Waals surface area contributed by atoms with Gasteiger partial charge >= 0.3 is 0 Å². The zero-order valence-corrected chi connectivity index (χ0v) is 10.7. The Labute approximate surface area is 96.6 Å². The number of nitrogens with zero attached hydrogens (tertiary/aromatic N) is 2. The van der Waals surface area contributed by atoms with Gasteiger partial charge < -0.3 is 5.32 Å². The minimum Gasteiger partial charge on any atom is -0.312 e. The van der Waals surface area contributed by atoms with Gasteiger partial charge in [-0.25, -0.2) is 0 Å². The Hall–Kier alpha value is -0.480. The highest BCUT2D eigenvalue weighted by Gasteiger charge is 2.04. The van der Waals surface area contributed by atoms with Crippen LogP contribution in [0, 0.1) is 0 Å². The fourth-order valence-electron chi connectivity index (χ4n) is 1.54. The zero-order valence-electron chi connectivity index (χ0n) is 9.92. The Morgan fingerprint density at radius 3 is 2.93 bits per heavy atom. The summed E-state index contributed by atoms with van der Waals surface area (Å²) in [5.74, 6) is 2.40. The SMILES string of the molecule is CCSCCNCc1cn(C)nc1CC. The molecule has 0 bridgehead atoms. The topological polar surface area (TPSA) is 29.9 Å². The van der Waals surface area contributed by atoms with Crippen molar-refractivity contribution in [3.8, 4) is 0 Å². The molecule has 0 saturated heterocycles. The summed E-state index contributed by atoms with van der Waals surface area (Å²) >= 11 is 1.98. The Bertz CT molecular complexity index is 283. The third-order valence-electron chi connectivity index (χ3n) is 2.27. The molecule has 86 valence electrons. The van der Waals surface area contributed by atoms with E-state index in [9.17, 15) is 0 Å². The molecule has 1 N–H and O–H groups in total. The average molecular weight is 227 g/mol. The van der Waals surface area contributed by atoms with E-state index < -0.39 is 0 Å². The van der Waals surface area contributed by atoms with Crippen molar-refractivity contribution in [1.82, 2.24) is 15.1 Å². The summed E-state index contributed by atoms with van der Waals surface area (Å²) in [6.07, 6.45) is 3.13. The summed E-state index contributed by atoms with van der Waals surface area (Å²) in [6, 6.07) is 0. The van der Waals surface area contributed by atoms with Crippen LogP contribution in [0.5, 0.6) is 0 Å². The highest BCUT2D eigenvalue weighted by molar-refractivity contribution is 7.99. The molecular formula is C11H21N3S. The first kappa shape index (κ1) is 12.6. The number of nitrogens with one attached hydrogen (secondary N) is 1. The van der Waals surface area contributed by atoms with E-state index in [2.05, 4.69) is 30.5 Å². The fraction of sp³-hybridized carbons (Fsp3) is 0.727. The molecule has 1 heterocycles. The molecule has 0 aliphatic carbocycles. The molecule has 0 unspecified atom stereocenters. The second-order valence-corrected chi connectivity index (χ2v) is 4.90. The van der Waals surface area contributed by atoms with Gasteiger partial charge in [0.15, 0.2) is 0 Å². The lowest BCUT2D eigenvalue weighted by molar-refractivity contribution is 0.725. The predicted molar refractivity (Wildman–Crippen MR) is 67.3 cm³/mol. The van der Waals surface area contributed by atoms with E-state index in [0.717, 1.165) is 19.5 Å². The molecule has 1 rings (SSSR count). The smallest absolute Gasteiger partial charge is 0.0666 e. The highest BCUT2D eigenvalue weighted by atomic mass is 32.2. The fourth-order valence-corrected chi connectivity index (χ4v) is 2.12. The molecule has 0 radical (unpaired) electrons. The van der Waals surface area contributed by atoms with Crippen molar-refractivity contribution in [2.45, 2.75) is 26.8 Å². The summed E-state index contributed by atoms with van der Waals surface area (Å²) < 4.78 is 1.90. The van der Waals surface area contributed by atoms with E-state index in [1.165, 1.54) is 22.8 Å². The molecule has 0 aromatic carbocycles. The van der Waals surface area contributed by atoms with Crippen molar-refractivity contribution in [2.24, 2.45) is 7.05 Å². The van der Waals surface area contributed by atoms with Gasteiger partial charge in [-0.1, -0.05) is 13.8 Å². The zero-order chi connectivity index (χ0) is 11.1. The first-order valence-electron chi connectivity index (χ1n) is 5.57. The van der Waals surface area contributed by atoms with Gasteiger partial charge in [0.2, 0.25) is 0 Å². The van der Waals surface area contributed by atoms with Crippen LogP contribution >= 0.6 is 11.8 Å². The highest BCUT2D eigenvalue weighted by Crippen LogP contribution is 2.06. The van der Waals surface area contributed by atoms with E-state index in [1.54, 1.807) is 0 Å². The molecule has 0 aliphatic rings. The molecule has 15 heavy (non-hydrogen) atoms. The first-order valence-corrected chi connectivity index (χ1v) is 6.73. The van der Waals surface area contributed by atoms with E-state index in [4.69, 9.17) is 0 Å². The molecule has 1 aromatic heterocycles. The summed E-state index contributed by atoms with van der Waals surface area (Å²) in [7, 11) is 1.98. The van der Waals surface area contributed by atoms with Gasteiger partial charge in [0.05, 0.1) is 5.69 Å². The molecule has 0 aliphatic heterocycles. The number of hydrogen-bond donors (Lipinski definition) is 1. The van der Waals surface area contributed by atoms with Crippen LogP contribution in [0.15, 0.2) is 6.20 Å². The number of hydrogen-bond acceptors (Lipinski definition) is 3. The molecule has 0 fully saturated rings. The third kappa shape index (κ3) is 4.26. The molecular weight excluding hydrogens is 206 g/mol. The molecule has 4 heteroatoms. The predicted octanol–water partition coefficient (Wildman–Crippen LogP) is 1.83. The van der Waals surface area contributed by atoms with Gasteiger partial charge in [-0.05, 0) is 12.2 Å². The van der Waals surface area contributed by atoms with Crippen molar-refractivity contribution in [3.63, 3.8) is 0 Å². The molecule has 0 atom stereocenters. The van der Waals surface area contributed by atoms with Gasteiger partial charge in [0.1, 0.15) is 0 Å². The van der Waals surface area contributed by atoms with Crippen molar-refractivity contribution in [2.75, 3.05) is 18.1 Å². The Balaban J connectivity index is 2.30. The first-order chi connectivity index (χ1) is 7.27. The van der Waals surface area contributed by atoms with Crippen LogP contribution in [0.2, 0.25) is 0 Å². The van der Waals surface area contributed by atoms with Gasteiger partial charge in [0, 0.05) is 37.7 Å². The van der Waals surface area contributed by atoms with Gasteiger partial charge in [0.25, 0.3) is 0 Å². The van der Waals surface area contributed by atoms with Crippen molar-refractivity contribution in [3.05, 3.63) is 17.5 Å². The van der Waals surface area contributed by atoms with Crippen LogP contribution < -0.4 is 5.32 Å². The summed E-state index contributed by atoms with van der Waals surface area (Å²) in [6.45, 7) is 6.37. The average Bonchev–Trinajstić information content (AvgIpc) is 2.59. The largest absolute Gasteiger partial charge is 0.312 e. The second kappa shape index (κ2) is 6.90. The molecule has 0 spiro atoms. The van der Waals surface area contributed by atoms with E-state index >= 15 is 0 Å². The van der Waals surface area contributed by atoms with E-state index in [1.807, 2.05) is 23.5 Å². The molecule has 1 aromatic rings. The van der Waals surface area contributed by atoms with Gasteiger partial charge in [-0.15, -0.1) is 0 Å². The van der Waals surface area contributed by atoms with Gasteiger partial charge in [-0.3, -0.25) is 4.68 Å². The number of thioether (sulfide) groups is 1. The molecule has 3 nitrogen and oxygen atoms in total. The summed E-state index contributed by atoms with van der Waals surface area (Å²) in [5, 5.41) is 7.87. The third-order valence-corrected chi connectivity index (χ3v) is 3.17. The van der Waals surface area contributed by atoms with Crippen LogP contribution in [0.4, 0.5) is 0 Å². The maximum atomic E-state index is 4.42. The Kier molecular flexibility index (Phi) is 5.79. The van der Waals surface area contributed by atoms with E-state index in [-0.39, 0.29) is 0 Å². The van der Waals surface area contributed by atoms with Crippen molar-refractivity contribution < 1.29 is 0 Å². The standard InChI is InChI=1S/C11H21N3S/c1-4-11-10(9-14(3)13-11)8-12-6-7-15-5-2/h9,12H,4-8H2,1-3H3. The lowest BCUT2D eigenvalue weighted by atomic mass is 10.2. The van der Waals surface area contributed by atoms with Crippen LogP contribution in [0.3, 0.4) is 0 Å². The molecule has 0 amide bonds. The number of rotatable bonds is 7. The number of aryl methyl sites for hydroxylation is 2. The van der Waals surface area contributed by atoms with Crippen LogP contribution in [0.1, 0.15) is 25.1 Å². The van der Waals surface area contributed by atoms with Crippen molar-refractivity contribution >= 4 is 11.8 Å². The summed E-state index contributed by atoms with van der Waals surface area (Å²) in [5.41, 5.74) is 2.55. The quantitative estimate of drug-likeness (QED) is 0.721. The minimum atomic E-state index is 0.946. The molecule has 0 saturated carbocycles. The lowest BCUT2D eigenvalue weighted by Gasteiger charge is -2.03. The maximum Gasteiger partial charge on any atom is 0.0666 e. The lowest BCUT2D eigenvalue weighted by Crippen LogP contribution is -2.17. The normalized spacial score (nSPS) is 10.9. The Morgan fingerprint density at radius 2 is 2.27 bits per heavy atom. The van der Waals surface area contributed by atoms with Crippen LogP contribution in [-0.2, 0) is 20.0 Å². The van der Waals surface area contributed by atoms with Gasteiger partial charge in [-0.2, -0.15) is 16.9 Å². The van der Waals surface area contributed by atoms with E-state index in [0.29, 0.717) is 0 Å². The number of aromatic nitrogens is 2.